The Morgan fingerprint density at radius 2 is 2.26 bits per heavy atom. The Balaban J connectivity index is 1.86. The summed E-state index contributed by atoms with van der Waals surface area (Å²) in [4.78, 5) is 13.9. The fourth-order valence-electron chi connectivity index (χ4n) is 2.54. The molecule has 0 saturated carbocycles. The molecule has 0 aromatic carbocycles. The summed E-state index contributed by atoms with van der Waals surface area (Å²) < 4.78 is 1.87. The van der Waals surface area contributed by atoms with Crippen LogP contribution >= 0.6 is 0 Å². The van der Waals surface area contributed by atoms with E-state index < -0.39 is 0 Å². The second-order valence-electron chi connectivity index (χ2n) is 5.57. The van der Waals surface area contributed by atoms with Crippen molar-refractivity contribution >= 4 is 5.91 Å². The number of aryl methyl sites for hydroxylation is 3. The Morgan fingerprint density at radius 1 is 1.53 bits per heavy atom. The molecule has 106 valence electrons. The van der Waals surface area contributed by atoms with Gasteiger partial charge in [-0.3, -0.25) is 9.48 Å². The second kappa shape index (κ2) is 5.74. The monoisotopic (exact) mass is 265 g/mol. The summed E-state index contributed by atoms with van der Waals surface area (Å²) in [6.45, 7) is 7.82. The van der Waals surface area contributed by atoms with Crippen LogP contribution in [0, 0.1) is 19.8 Å². The van der Waals surface area contributed by atoms with Gasteiger partial charge in [-0.05, 0) is 32.3 Å². The maximum Gasteiger partial charge on any atom is 0.224 e. The van der Waals surface area contributed by atoms with Crippen LogP contribution in [-0.2, 0) is 11.3 Å². The van der Waals surface area contributed by atoms with Gasteiger partial charge in [-0.15, -0.1) is 0 Å². The number of likely N-dealkylation sites (tertiary alicyclic amines) is 1. The van der Waals surface area contributed by atoms with Gasteiger partial charge in [0.05, 0.1) is 11.8 Å². The number of aromatic nitrogens is 2. The molecule has 1 fully saturated rings. The van der Waals surface area contributed by atoms with Crippen molar-refractivity contribution in [1.29, 1.82) is 0 Å². The Bertz CT molecular complexity index is 456. The number of piperidine rings is 1. The lowest BCUT2D eigenvalue weighted by Crippen LogP contribution is -2.46. The van der Waals surface area contributed by atoms with E-state index in [0.717, 1.165) is 24.4 Å². The molecule has 1 aliphatic heterocycles. The molecule has 1 amide bonds. The molecule has 5 nitrogen and oxygen atoms in total. The molecule has 1 N–H and O–H groups in total. The van der Waals surface area contributed by atoms with Crippen LogP contribution in [-0.4, -0.2) is 44.9 Å². The molecule has 1 aromatic rings. The third kappa shape index (κ3) is 3.35. The molecule has 0 spiro atoms. The summed E-state index contributed by atoms with van der Waals surface area (Å²) in [5, 5.41) is 14.2. The van der Waals surface area contributed by atoms with E-state index in [1.165, 1.54) is 0 Å². The maximum absolute atomic E-state index is 12.1. The van der Waals surface area contributed by atoms with Gasteiger partial charge in [-0.1, -0.05) is 6.92 Å². The highest BCUT2D eigenvalue weighted by Gasteiger charge is 2.26. The smallest absolute Gasteiger partial charge is 0.224 e. The second-order valence-corrected chi connectivity index (χ2v) is 5.57. The molecule has 1 aromatic heterocycles. The van der Waals surface area contributed by atoms with Crippen LogP contribution in [0.2, 0.25) is 0 Å². The Hall–Kier alpha value is -1.36. The number of amides is 1. The van der Waals surface area contributed by atoms with E-state index in [4.69, 9.17) is 0 Å². The van der Waals surface area contributed by atoms with Gasteiger partial charge in [-0.2, -0.15) is 5.10 Å². The van der Waals surface area contributed by atoms with Crippen LogP contribution in [0.5, 0.6) is 0 Å². The normalized spacial score (nSPS) is 23.7. The lowest BCUT2D eigenvalue weighted by Gasteiger charge is -2.34. The molecule has 5 heteroatoms. The van der Waals surface area contributed by atoms with Gasteiger partial charge in [0.2, 0.25) is 5.91 Å². The van der Waals surface area contributed by atoms with E-state index in [2.05, 4.69) is 5.10 Å². The van der Waals surface area contributed by atoms with Crippen LogP contribution in [0.4, 0.5) is 0 Å². The molecule has 1 saturated heterocycles. The lowest BCUT2D eigenvalue weighted by molar-refractivity contribution is -0.135. The van der Waals surface area contributed by atoms with E-state index >= 15 is 0 Å². The van der Waals surface area contributed by atoms with Crippen molar-refractivity contribution in [2.24, 2.45) is 5.92 Å². The minimum Gasteiger partial charge on any atom is -0.391 e. The number of aliphatic hydroxyl groups excluding tert-OH is 1. The molecule has 0 aliphatic carbocycles. The van der Waals surface area contributed by atoms with Crippen molar-refractivity contribution in [2.45, 2.75) is 46.3 Å². The highest BCUT2D eigenvalue weighted by atomic mass is 16.3. The number of carbonyl (C=O) groups excluding carboxylic acids is 1. The summed E-state index contributed by atoms with van der Waals surface area (Å²) in [6.07, 6.45) is 0.946. The lowest BCUT2D eigenvalue weighted by atomic mass is 9.96. The van der Waals surface area contributed by atoms with Gasteiger partial charge in [0.1, 0.15) is 0 Å². The fraction of sp³-hybridized carbons (Fsp3) is 0.714. The van der Waals surface area contributed by atoms with Gasteiger partial charge < -0.3 is 10.0 Å². The predicted octanol–water partition coefficient (Wildman–Crippen LogP) is 1.12. The molecule has 2 atom stereocenters. The first-order valence-electron chi connectivity index (χ1n) is 6.94. The molecule has 1 aliphatic rings. The third-order valence-corrected chi connectivity index (χ3v) is 3.91. The quantitative estimate of drug-likeness (QED) is 0.891. The van der Waals surface area contributed by atoms with Crippen molar-refractivity contribution in [1.82, 2.24) is 14.7 Å². The minimum absolute atomic E-state index is 0.110. The SMILES string of the molecule is Cc1cc(C)n(CCC(=O)N2CCC(C)C(O)C2)n1. The highest BCUT2D eigenvalue weighted by molar-refractivity contribution is 5.76. The van der Waals surface area contributed by atoms with Gasteiger partial charge in [0.25, 0.3) is 0 Å². The predicted molar refractivity (Wildman–Crippen MR) is 72.7 cm³/mol. The molecule has 2 unspecified atom stereocenters. The molecular weight excluding hydrogens is 242 g/mol. The number of hydrogen-bond acceptors (Lipinski definition) is 3. The van der Waals surface area contributed by atoms with E-state index in [-0.39, 0.29) is 12.0 Å². The summed E-state index contributed by atoms with van der Waals surface area (Å²) in [6, 6.07) is 2.01. The summed E-state index contributed by atoms with van der Waals surface area (Å²) in [5.74, 6) is 0.401. The maximum atomic E-state index is 12.1. The molecule has 19 heavy (non-hydrogen) atoms. The van der Waals surface area contributed by atoms with Crippen molar-refractivity contribution < 1.29 is 9.90 Å². The average molecular weight is 265 g/mol. The number of nitrogens with zero attached hydrogens (tertiary/aromatic N) is 3. The minimum atomic E-state index is -0.383. The van der Waals surface area contributed by atoms with Gasteiger partial charge in [-0.25, -0.2) is 0 Å². The van der Waals surface area contributed by atoms with E-state index in [9.17, 15) is 9.90 Å². The van der Waals surface area contributed by atoms with Crippen LogP contribution in [0.15, 0.2) is 6.07 Å². The Morgan fingerprint density at radius 3 is 2.84 bits per heavy atom. The van der Waals surface area contributed by atoms with Crippen molar-refractivity contribution in [3.63, 3.8) is 0 Å². The third-order valence-electron chi connectivity index (χ3n) is 3.91. The van der Waals surface area contributed by atoms with Gasteiger partial charge in [0, 0.05) is 31.7 Å². The molecule has 2 heterocycles. The van der Waals surface area contributed by atoms with Crippen LogP contribution < -0.4 is 0 Å². The van der Waals surface area contributed by atoms with Crippen molar-refractivity contribution in [2.75, 3.05) is 13.1 Å². The van der Waals surface area contributed by atoms with Crippen LogP contribution in [0.1, 0.15) is 31.2 Å². The Kier molecular flexibility index (Phi) is 4.24. The van der Waals surface area contributed by atoms with Crippen molar-refractivity contribution in [3.8, 4) is 0 Å². The standard InChI is InChI=1S/C14H23N3O2/c1-10-4-6-16(9-13(10)18)14(19)5-7-17-12(3)8-11(2)15-17/h8,10,13,18H,4-7,9H2,1-3H3. The first-order valence-corrected chi connectivity index (χ1v) is 6.94. The van der Waals surface area contributed by atoms with E-state index in [1.54, 1.807) is 4.90 Å². The average Bonchev–Trinajstić information content (AvgIpc) is 2.68. The number of hydrogen-bond donors (Lipinski definition) is 1. The van der Waals surface area contributed by atoms with E-state index in [0.29, 0.717) is 25.4 Å². The molecule has 0 bridgehead atoms. The summed E-state index contributed by atoms with van der Waals surface area (Å²) in [5.41, 5.74) is 2.06. The first-order chi connectivity index (χ1) is 8.97. The summed E-state index contributed by atoms with van der Waals surface area (Å²) >= 11 is 0. The van der Waals surface area contributed by atoms with E-state index in [1.807, 2.05) is 31.5 Å². The zero-order valence-corrected chi connectivity index (χ0v) is 12.0. The first kappa shape index (κ1) is 14.1. The number of rotatable bonds is 3. The number of carbonyl (C=O) groups is 1. The number of aliphatic hydroxyl groups is 1. The molecule has 2 rings (SSSR count). The molecular formula is C14H23N3O2. The fourth-order valence-corrected chi connectivity index (χ4v) is 2.54. The van der Waals surface area contributed by atoms with Crippen LogP contribution in [0.25, 0.3) is 0 Å². The Labute approximate surface area is 114 Å². The largest absolute Gasteiger partial charge is 0.391 e. The number of β-amino-alcohol motifs (C(OH)–C–C–N with tert-alkyl or cyclic N) is 1. The van der Waals surface area contributed by atoms with Crippen LogP contribution in [0.3, 0.4) is 0 Å². The van der Waals surface area contributed by atoms with Gasteiger partial charge in [0.15, 0.2) is 0 Å². The summed E-state index contributed by atoms with van der Waals surface area (Å²) in [7, 11) is 0. The highest BCUT2D eigenvalue weighted by Crippen LogP contribution is 2.17. The van der Waals surface area contributed by atoms with Crippen molar-refractivity contribution in [3.05, 3.63) is 17.5 Å². The van der Waals surface area contributed by atoms with Gasteiger partial charge >= 0.3 is 0 Å². The zero-order valence-electron chi connectivity index (χ0n) is 12.0. The molecule has 0 radical (unpaired) electrons. The topological polar surface area (TPSA) is 58.4 Å². The zero-order chi connectivity index (χ0) is 14.0.